The van der Waals surface area contributed by atoms with Gasteiger partial charge in [0.05, 0.1) is 5.75 Å². The Morgan fingerprint density at radius 1 is 1.59 bits per heavy atom. The minimum Gasteiger partial charge on any atom is -0.481 e. The molecule has 3 N–H and O–H groups in total. The number of nitrogen functional groups attached to an aromatic ring is 1. The highest BCUT2D eigenvalue weighted by Crippen LogP contribution is 2.18. The van der Waals surface area contributed by atoms with Gasteiger partial charge in [-0.05, 0) is 6.42 Å². The summed E-state index contributed by atoms with van der Waals surface area (Å²) in [6.45, 7) is 0.542. The van der Waals surface area contributed by atoms with E-state index in [0.29, 0.717) is 23.9 Å². The number of anilines is 1. The number of rotatable bonds is 7. The normalized spacial score (nSPS) is 12.5. The number of thioether (sulfide) groups is 1. The molecule has 0 aromatic carbocycles. The number of nitrogens with two attached hydrogens (primary N) is 1. The Balaban J connectivity index is 2.59. The summed E-state index contributed by atoms with van der Waals surface area (Å²) < 4.78 is 12.6. The van der Waals surface area contributed by atoms with E-state index in [4.69, 9.17) is 10.8 Å². The molecule has 9 heteroatoms. The summed E-state index contributed by atoms with van der Waals surface area (Å²) in [6.07, 6.45) is 2.32. The lowest BCUT2D eigenvalue weighted by molar-refractivity contribution is -0.133. The highest BCUT2D eigenvalue weighted by atomic mass is 32.2. The molecule has 0 aliphatic carbocycles. The molecule has 0 bridgehead atoms. The topological polar surface area (TPSA) is 111 Å². The molecule has 0 saturated heterocycles. The molecule has 1 heterocycles. The molecule has 0 saturated carbocycles. The Labute approximate surface area is 105 Å². The molecule has 0 amide bonds. The molecular formula is C8H14N4O3S2. The van der Waals surface area contributed by atoms with E-state index in [0.717, 1.165) is 11.8 Å². The molecule has 17 heavy (non-hydrogen) atoms. The maximum atomic E-state index is 10.9. The van der Waals surface area contributed by atoms with Crippen molar-refractivity contribution >= 4 is 34.5 Å². The second-order valence-corrected chi connectivity index (χ2v) is 5.80. The third-order valence-electron chi connectivity index (χ3n) is 1.88. The van der Waals surface area contributed by atoms with Gasteiger partial charge in [-0.25, -0.2) is 0 Å². The van der Waals surface area contributed by atoms with E-state index in [1.54, 1.807) is 10.8 Å². The molecule has 1 atom stereocenters. The fourth-order valence-corrected chi connectivity index (χ4v) is 2.40. The number of aliphatic carboxylic acids is 1. The van der Waals surface area contributed by atoms with Crippen molar-refractivity contribution in [1.82, 2.24) is 14.8 Å². The van der Waals surface area contributed by atoms with Crippen molar-refractivity contribution in [3.8, 4) is 0 Å². The molecule has 0 aliphatic heterocycles. The Morgan fingerprint density at radius 3 is 2.88 bits per heavy atom. The van der Waals surface area contributed by atoms with E-state index < -0.39 is 16.8 Å². The highest BCUT2D eigenvalue weighted by molar-refractivity contribution is 7.99. The molecular weight excluding hydrogens is 264 g/mol. The summed E-state index contributed by atoms with van der Waals surface area (Å²) in [6, 6.07) is 0. The lowest BCUT2D eigenvalue weighted by Gasteiger charge is -2.06. The molecule has 1 unspecified atom stereocenters. The third kappa shape index (κ3) is 4.73. The standard InChI is InChI=1S/C8H14N4O3S2/c1-17(15)4-2-3-12-7(9)10-11-8(12)16-5-6(13)14/h2-5H2,1H3,(H2,9,10)(H,13,14). The van der Waals surface area contributed by atoms with Crippen molar-refractivity contribution in [2.24, 2.45) is 0 Å². The summed E-state index contributed by atoms with van der Waals surface area (Å²) in [4.78, 5) is 10.4. The van der Waals surface area contributed by atoms with Gasteiger partial charge in [-0.15, -0.1) is 10.2 Å². The van der Waals surface area contributed by atoms with Crippen molar-refractivity contribution in [1.29, 1.82) is 0 Å². The second kappa shape index (κ2) is 6.60. The van der Waals surface area contributed by atoms with Gasteiger partial charge in [0.2, 0.25) is 5.95 Å². The first-order valence-electron chi connectivity index (χ1n) is 4.84. The van der Waals surface area contributed by atoms with Crippen LogP contribution in [0.2, 0.25) is 0 Å². The number of nitrogens with zero attached hydrogens (tertiary/aromatic N) is 3. The monoisotopic (exact) mass is 278 g/mol. The maximum absolute atomic E-state index is 10.9. The van der Waals surface area contributed by atoms with Crippen LogP contribution in [0, 0.1) is 0 Å². The van der Waals surface area contributed by atoms with Crippen LogP contribution in [0.4, 0.5) is 5.95 Å². The van der Waals surface area contributed by atoms with Gasteiger partial charge in [0.25, 0.3) is 0 Å². The van der Waals surface area contributed by atoms with Gasteiger partial charge in [0, 0.05) is 29.4 Å². The van der Waals surface area contributed by atoms with E-state index in [2.05, 4.69) is 10.2 Å². The first-order valence-corrected chi connectivity index (χ1v) is 7.55. The second-order valence-electron chi connectivity index (χ2n) is 3.31. The van der Waals surface area contributed by atoms with Gasteiger partial charge in [0.15, 0.2) is 5.16 Å². The molecule has 96 valence electrons. The zero-order valence-electron chi connectivity index (χ0n) is 9.33. The molecule has 1 aromatic rings. The maximum Gasteiger partial charge on any atom is 0.313 e. The summed E-state index contributed by atoms with van der Waals surface area (Å²) in [7, 11) is -0.847. The molecule has 0 aliphatic rings. The molecule has 0 radical (unpaired) electrons. The summed E-state index contributed by atoms with van der Waals surface area (Å²) in [5.74, 6) is -0.184. The Hall–Kier alpha value is -1.09. The predicted molar refractivity (Wildman–Crippen MR) is 66.3 cm³/mol. The fraction of sp³-hybridized carbons (Fsp3) is 0.625. The summed E-state index contributed by atoms with van der Waals surface area (Å²) in [5, 5.41) is 16.5. The van der Waals surface area contributed by atoms with E-state index >= 15 is 0 Å². The van der Waals surface area contributed by atoms with Gasteiger partial charge in [-0.2, -0.15) is 0 Å². The van der Waals surface area contributed by atoms with Crippen molar-refractivity contribution < 1.29 is 14.1 Å². The fourth-order valence-electron chi connectivity index (χ4n) is 1.17. The van der Waals surface area contributed by atoms with Gasteiger partial charge in [-0.1, -0.05) is 11.8 Å². The zero-order valence-corrected chi connectivity index (χ0v) is 11.0. The van der Waals surface area contributed by atoms with Crippen LogP contribution in [0.5, 0.6) is 0 Å². The Kier molecular flexibility index (Phi) is 5.42. The van der Waals surface area contributed by atoms with E-state index in [-0.39, 0.29) is 11.7 Å². The van der Waals surface area contributed by atoms with Gasteiger partial charge >= 0.3 is 5.97 Å². The number of hydrogen-bond donors (Lipinski definition) is 2. The van der Waals surface area contributed by atoms with Crippen molar-refractivity contribution in [2.45, 2.75) is 18.1 Å². The van der Waals surface area contributed by atoms with Crippen LogP contribution >= 0.6 is 11.8 Å². The van der Waals surface area contributed by atoms with Crippen molar-refractivity contribution in [3.63, 3.8) is 0 Å². The first kappa shape index (κ1) is 14.0. The van der Waals surface area contributed by atoms with Crippen LogP contribution in [0.25, 0.3) is 0 Å². The van der Waals surface area contributed by atoms with Crippen LogP contribution < -0.4 is 5.73 Å². The minimum absolute atomic E-state index is 0.0855. The van der Waals surface area contributed by atoms with Crippen LogP contribution in [0.15, 0.2) is 5.16 Å². The van der Waals surface area contributed by atoms with Gasteiger partial charge in [0.1, 0.15) is 0 Å². The Bertz CT molecular complexity index is 421. The smallest absolute Gasteiger partial charge is 0.313 e. The number of aromatic nitrogens is 3. The van der Waals surface area contributed by atoms with E-state index in [9.17, 15) is 9.00 Å². The SMILES string of the molecule is CS(=O)CCCn1c(N)nnc1SCC(=O)O. The third-order valence-corrected chi connectivity index (χ3v) is 3.70. The number of hydrogen-bond acceptors (Lipinski definition) is 6. The largest absolute Gasteiger partial charge is 0.481 e. The Morgan fingerprint density at radius 2 is 2.29 bits per heavy atom. The van der Waals surface area contributed by atoms with Crippen LogP contribution in [0.3, 0.4) is 0 Å². The number of carboxylic acids is 1. The molecule has 1 rings (SSSR count). The highest BCUT2D eigenvalue weighted by Gasteiger charge is 2.11. The molecule has 7 nitrogen and oxygen atoms in total. The lowest BCUT2D eigenvalue weighted by atomic mass is 10.5. The molecule has 0 spiro atoms. The minimum atomic E-state index is -0.919. The molecule has 1 aromatic heterocycles. The van der Waals surface area contributed by atoms with Gasteiger partial charge < -0.3 is 10.8 Å². The first-order chi connectivity index (χ1) is 8.00. The van der Waals surface area contributed by atoms with Crippen LogP contribution in [-0.4, -0.2) is 47.8 Å². The predicted octanol–water partition coefficient (Wildman–Crippen LogP) is -0.194. The van der Waals surface area contributed by atoms with Crippen LogP contribution in [-0.2, 0) is 22.1 Å². The van der Waals surface area contributed by atoms with Crippen LogP contribution in [0.1, 0.15) is 6.42 Å². The zero-order chi connectivity index (χ0) is 12.8. The van der Waals surface area contributed by atoms with E-state index in [1.807, 2.05) is 0 Å². The summed E-state index contributed by atoms with van der Waals surface area (Å²) >= 11 is 1.07. The average Bonchev–Trinajstić information content (AvgIpc) is 2.57. The number of carboxylic acid groups (broad SMARTS) is 1. The van der Waals surface area contributed by atoms with Crippen molar-refractivity contribution in [3.05, 3.63) is 0 Å². The van der Waals surface area contributed by atoms with Crippen molar-refractivity contribution in [2.75, 3.05) is 23.5 Å². The summed E-state index contributed by atoms with van der Waals surface area (Å²) in [5.41, 5.74) is 5.62. The van der Waals surface area contributed by atoms with Gasteiger partial charge in [-0.3, -0.25) is 13.6 Å². The quantitative estimate of drug-likeness (QED) is 0.665. The molecule has 0 fully saturated rings. The number of carbonyl (C=O) groups is 1. The average molecular weight is 278 g/mol. The van der Waals surface area contributed by atoms with E-state index in [1.165, 1.54) is 0 Å². The lowest BCUT2D eigenvalue weighted by Crippen LogP contribution is -2.08.